The quantitative estimate of drug-likeness (QED) is 0.464. The summed E-state index contributed by atoms with van der Waals surface area (Å²) < 4.78 is 2.78. The molecule has 0 amide bonds. The summed E-state index contributed by atoms with van der Waals surface area (Å²) in [6.07, 6.45) is 4.11. The summed E-state index contributed by atoms with van der Waals surface area (Å²) in [5.74, 6) is 0. The second kappa shape index (κ2) is 8.89. The van der Waals surface area contributed by atoms with E-state index < -0.39 is 5.56 Å². The van der Waals surface area contributed by atoms with Crippen molar-refractivity contribution in [2.75, 3.05) is 0 Å². The lowest BCUT2D eigenvalue weighted by atomic mass is 10.1. The van der Waals surface area contributed by atoms with E-state index in [2.05, 4.69) is 23.0 Å². The highest BCUT2D eigenvalue weighted by molar-refractivity contribution is 6.28. The van der Waals surface area contributed by atoms with Crippen LogP contribution >= 0.6 is 11.6 Å². The van der Waals surface area contributed by atoms with Crippen LogP contribution in [0.4, 0.5) is 0 Å². The van der Waals surface area contributed by atoms with E-state index in [1.807, 2.05) is 18.2 Å². The molecule has 0 radical (unpaired) electrons. The number of nitrogens with zero attached hydrogens (tertiary/aromatic N) is 4. The van der Waals surface area contributed by atoms with Crippen LogP contribution in [-0.2, 0) is 19.5 Å². The van der Waals surface area contributed by atoms with E-state index in [0.29, 0.717) is 30.6 Å². The van der Waals surface area contributed by atoms with Crippen LogP contribution in [0.2, 0.25) is 5.28 Å². The third-order valence-corrected chi connectivity index (χ3v) is 4.90. The molecule has 0 saturated carbocycles. The van der Waals surface area contributed by atoms with E-state index in [1.165, 1.54) is 9.13 Å². The molecule has 146 valence electrons. The normalized spacial score (nSPS) is 11.0. The number of benzene rings is 1. The highest BCUT2D eigenvalue weighted by atomic mass is 35.5. The first-order valence-electron chi connectivity index (χ1n) is 9.43. The maximum absolute atomic E-state index is 12.9. The number of unbranched alkanes of at least 4 members (excludes halogenated alkanes) is 2. The minimum Gasteiger partial charge on any atom is -0.323 e. The van der Waals surface area contributed by atoms with Crippen molar-refractivity contribution in [2.45, 2.75) is 52.1 Å². The fourth-order valence-electron chi connectivity index (χ4n) is 3.29. The fraction of sp³-hybridized carbons (Fsp3) is 0.400. The topological polar surface area (TPSA) is 96.5 Å². The average molecular weight is 400 g/mol. The summed E-state index contributed by atoms with van der Waals surface area (Å²) in [7, 11) is 0. The van der Waals surface area contributed by atoms with Gasteiger partial charge in [0.25, 0.3) is 5.56 Å². The Morgan fingerprint density at radius 1 is 1.18 bits per heavy atom. The summed E-state index contributed by atoms with van der Waals surface area (Å²) in [5.41, 5.74) is 1.41. The monoisotopic (exact) mass is 399 g/mol. The van der Waals surface area contributed by atoms with Crippen LogP contribution in [-0.4, -0.2) is 19.1 Å². The van der Waals surface area contributed by atoms with Gasteiger partial charge in [0.2, 0.25) is 5.28 Å². The molecule has 0 saturated heterocycles. The molecule has 2 aromatic heterocycles. The predicted octanol–water partition coefficient (Wildman–Crippen LogP) is 3.23. The van der Waals surface area contributed by atoms with Gasteiger partial charge in [0.05, 0.1) is 11.6 Å². The number of nitriles is 1. The van der Waals surface area contributed by atoms with Crippen LogP contribution in [0.1, 0.15) is 43.7 Å². The van der Waals surface area contributed by atoms with Crippen LogP contribution in [0.15, 0.2) is 33.9 Å². The Bertz CT molecular complexity index is 1140. The number of nitrogens with one attached hydrogen (secondary N) is 1. The van der Waals surface area contributed by atoms with E-state index >= 15 is 0 Å². The Kier molecular flexibility index (Phi) is 6.32. The number of hydrogen-bond donors (Lipinski definition) is 1. The number of rotatable bonds is 8. The van der Waals surface area contributed by atoms with Crippen molar-refractivity contribution >= 4 is 22.8 Å². The second-order valence-corrected chi connectivity index (χ2v) is 7.10. The van der Waals surface area contributed by atoms with Crippen molar-refractivity contribution in [3.05, 3.63) is 61.5 Å². The summed E-state index contributed by atoms with van der Waals surface area (Å²) in [6.45, 7) is 2.87. The number of aromatic amines is 1. The third kappa shape index (κ3) is 4.18. The van der Waals surface area contributed by atoms with Crippen molar-refractivity contribution in [3.63, 3.8) is 0 Å². The number of aryl methyl sites for hydroxylation is 2. The zero-order valence-electron chi connectivity index (χ0n) is 15.7. The lowest BCUT2D eigenvalue weighted by Crippen LogP contribution is -2.40. The van der Waals surface area contributed by atoms with E-state index in [9.17, 15) is 9.59 Å². The molecule has 7 nitrogen and oxygen atoms in total. The largest absolute Gasteiger partial charge is 0.332 e. The van der Waals surface area contributed by atoms with Gasteiger partial charge in [-0.3, -0.25) is 13.9 Å². The van der Waals surface area contributed by atoms with Crippen molar-refractivity contribution in [1.29, 1.82) is 5.26 Å². The van der Waals surface area contributed by atoms with Gasteiger partial charge in [-0.25, -0.2) is 4.79 Å². The minimum atomic E-state index is -0.406. The first-order valence-corrected chi connectivity index (χ1v) is 9.80. The molecular weight excluding hydrogens is 378 g/mol. The van der Waals surface area contributed by atoms with Gasteiger partial charge >= 0.3 is 5.69 Å². The van der Waals surface area contributed by atoms with Crippen LogP contribution in [0.5, 0.6) is 0 Å². The second-order valence-electron chi connectivity index (χ2n) is 6.74. The van der Waals surface area contributed by atoms with Gasteiger partial charge in [-0.15, -0.1) is 0 Å². The lowest BCUT2D eigenvalue weighted by Gasteiger charge is -2.11. The standard InChI is InChI=1S/C20H22ClN5O2/c1-2-3-4-10-25-17-16(23-19(21)24-17)18(27)26(20(25)28)11-6-9-14-7-5-8-15(12-14)13-22/h5,7-8,12H,2-4,6,9-11H2,1H3,(H,23,24). The van der Waals surface area contributed by atoms with E-state index in [-0.39, 0.29) is 23.0 Å². The van der Waals surface area contributed by atoms with Gasteiger partial charge < -0.3 is 4.98 Å². The zero-order valence-corrected chi connectivity index (χ0v) is 16.5. The molecule has 3 rings (SSSR count). The molecule has 3 aromatic rings. The summed E-state index contributed by atoms with van der Waals surface area (Å²) in [4.78, 5) is 32.6. The van der Waals surface area contributed by atoms with E-state index in [4.69, 9.17) is 16.9 Å². The maximum Gasteiger partial charge on any atom is 0.332 e. The average Bonchev–Trinajstić information content (AvgIpc) is 3.09. The Morgan fingerprint density at radius 3 is 2.71 bits per heavy atom. The number of imidazole rings is 1. The van der Waals surface area contributed by atoms with Crippen LogP contribution in [0.25, 0.3) is 11.2 Å². The molecule has 1 N–H and O–H groups in total. The molecule has 28 heavy (non-hydrogen) atoms. The first-order chi connectivity index (χ1) is 13.5. The number of H-pyrrole nitrogens is 1. The number of fused-ring (bicyclic) bond motifs is 1. The number of halogens is 1. The molecule has 0 aliphatic heterocycles. The number of hydrogen-bond acceptors (Lipinski definition) is 4. The van der Waals surface area contributed by atoms with Crippen LogP contribution < -0.4 is 11.2 Å². The fourth-order valence-corrected chi connectivity index (χ4v) is 3.47. The Hall–Kier alpha value is -2.85. The van der Waals surface area contributed by atoms with E-state index in [0.717, 1.165) is 24.8 Å². The first kappa shape index (κ1) is 19.9. The van der Waals surface area contributed by atoms with Crippen molar-refractivity contribution in [3.8, 4) is 6.07 Å². The Balaban J connectivity index is 1.88. The molecule has 0 unspecified atom stereocenters. The Morgan fingerprint density at radius 2 is 1.96 bits per heavy atom. The predicted molar refractivity (Wildman–Crippen MR) is 109 cm³/mol. The third-order valence-electron chi connectivity index (χ3n) is 4.72. The molecule has 0 bridgehead atoms. The summed E-state index contributed by atoms with van der Waals surface area (Å²) >= 11 is 5.95. The smallest absolute Gasteiger partial charge is 0.323 e. The molecule has 0 aliphatic rings. The van der Waals surface area contributed by atoms with Crippen molar-refractivity contribution < 1.29 is 0 Å². The molecule has 0 aliphatic carbocycles. The highest BCUT2D eigenvalue weighted by Gasteiger charge is 2.16. The van der Waals surface area contributed by atoms with Gasteiger partial charge in [-0.05, 0) is 48.6 Å². The highest BCUT2D eigenvalue weighted by Crippen LogP contribution is 2.11. The SMILES string of the molecule is CCCCCn1c(=O)n(CCCc2cccc(C#N)c2)c(=O)c2[nH]c(Cl)nc21. The molecule has 1 aromatic carbocycles. The number of aromatic nitrogens is 4. The zero-order chi connectivity index (χ0) is 20.1. The lowest BCUT2D eigenvalue weighted by molar-refractivity contribution is 0.526. The summed E-state index contributed by atoms with van der Waals surface area (Å²) in [5, 5.41) is 9.10. The van der Waals surface area contributed by atoms with Crippen LogP contribution in [0, 0.1) is 11.3 Å². The van der Waals surface area contributed by atoms with Gasteiger partial charge in [-0.1, -0.05) is 31.9 Å². The minimum absolute atomic E-state index is 0.0989. The summed E-state index contributed by atoms with van der Waals surface area (Å²) in [6, 6.07) is 9.46. The van der Waals surface area contributed by atoms with Gasteiger partial charge in [0.1, 0.15) is 0 Å². The molecular formula is C20H22ClN5O2. The van der Waals surface area contributed by atoms with Gasteiger partial charge in [-0.2, -0.15) is 10.2 Å². The molecule has 0 fully saturated rings. The van der Waals surface area contributed by atoms with Gasteiger partial charge in [0.15, 0.2) is 11.2 Å². The maximum atomic E-state index is 12.9. The molecule has 2 heterocycles. The van der Waals surface area contributed by atoms with Crippen molar-refractivity contribution in [2.24, 2.45) is 0 Å². The molecule has 0 atom stereocenters. The van der Waals surface area contributed by atoms with Crippen LogP contribution in [0.3, 0.4) is 0 Å². The Labute approximate surface area is 167 Å². The molecule has 0 spiro atoms. The van der Waals surface area contributed by atoms with Gasteiger partial charge in [0, 0.05) is 13.1 Å². The van der Waals surface area contributed by atoms with Crippen molar-refractivity contribution in [1.82, 2.24) is 19.1 Å². The molecule has 8 heteroatoms. The van der Waals surface area contributed by atoms with E-state index in [1.54, 1.807) is 6.07 Å².